The lowest BCUT2D eigenvalue weighted by molar-refractivity contribution is 1.05. The molecule has 0 atom stereocenters. The first kappa shape index (κ1) is 22.4. The number of anilines is 4. The molecule has 174 valence electrons. The molecule has 35 heavy (non-hydrogen) atoms. The Bertz CT molecular complexity index is 1520. The van der Waals surface area contributed by atoms with Gasteiger partial charge in [0.15, 0.2) is 11.6 Å². The molecule has 0 saturated carbocycles. The summed E-state index contributed by atoms with van der Waals surface area (Å²) in [4.78, 5) is 8.93. The summed E-state index contributed by atoms with van der Waals surface area (Å²) in [5.74, 6) is 1.53. The molecule has 0 radical (unpaired) electrons. The summed E-state index contributed by atoms with van der Waals surface area (Å²) >= 11 is 6.32. The molecule has 0 saturated heterocycles. The van der Waals surface area contributed by atoms with Gasteiger partial charge in [-0.2, -0.15) is 10.1 Å². The smallest absolute Gasteiger partial charge is 0.229 e. The number of fused-ring (bicyclic) bond motifs is 1. The summed E-state index contributed by atoms with van der Waals surface area (Å²) in [6, 6.07) is 22.7. The molecule has 2 aromatic heterocycles. The Morgan fingerprint density at radius 2 is 1.74 bits per heavy atom. The maximum atomic E-state index is 6.32. The number of rotatable bonds is 7. The Balaban J connectivity index is 1.47. The molecule has 8 heteroatoms. The summed E-state index contributed by atoms with van der Waals surface area (Å²) in [5.41, 5.74) is 6.05. The Morgan fingerprint density at radius 1 is 0.971 bits per heavy atom. The second kappa shape index (κ2) is 9.48. The molecule has 0 bridgehead atoms. The monoisotopic (exact) mass is 481 g/mol. The van der Waals surface area contributed by atoms with Crippen molar-refractivity contribution in [2.75, 3.05) is 17.7 Å². The van der Waals surface area contributed by atoms with Crippen molar-refractivity contribution in [2.24, 2.45) is 0 Å². The number of aromatic amines is 1. The number of aromatic nitrogens is 4. The first-order valence-corrected chi connectivity index (χ1v) is 11.5. The van der Waals surface area contributed by atoms with Crippen LogP contribution in [0.3, 0.4) is 0 Å². The number of nitrogens with zero attached hydrogens (tertiary/aromatic N) is 3. The molecular formula is C27H24ClN7. The Hall–Kier alpha value is -4.36. The van der Waals surface area contributed by atoms with Crippen molar-refractivity contribution in [3.8, 4) is 11.1 Å². The molecule has 0 amide bonds. The SMILES string of the molecule is C=C(NC)c1ccc(-c2ccc(Nc3ncc(Cl)c(Nc4cc(C)[nH]n4)n3)c3ccccc23)cc1. The molecule has 3 aromatic carbocycles. The zero-order chi connectivity index (χ0) is 24.4. The van der Waals surface area contributed by atoms with Gasteiger partial charge in [0, 0.05) is 35.6 Å². The van der Waals surface area contributed by atoms with Crippen molar-refractivity contribution in [3.05, 3.63) is 95.8 Å². The summed E-state index contributed by atoms with van der Waals surface area (Å²) < 4.78 is 0. The van der Waals surface area contributed by atoms with E-state index in [1.54, 1.807) is 6.20 Å². The molecule has 5 aromatic rings. The van der Waals surface area contributed by atoms with Gasteiger partial charge in [-0.1, -0.05) is 72.8 Å². The van der Waals surface area contributed by atoms with Crippen molar-refractivity contribution in [1.82, 2.24) is 25.5 Å². The molecule has 0 aliphatic rings. The van der Waals surface area contributed by atoms with E-state index in [0.29, 0.717) is 22.6 Å². The molecule has 5 rings (SSSR count). The van der Waals surface area contributed by atoms with E-state index in [0.717, 1.165) is 44.5 Å². The number of hydrogen-bond acceptors (Lipinski definition) is 6. The molecular weight excluding hydrogens is 458 g/mol. The molecule has 0 aliphatic carbocycles. The predicted octanol–water partition coefficient (Wildman–Crippen LogP) is 6.66. The van der Waals surface area contributed by atoms with Crippen LogP contribution in [0.5, 0.6) is 0 Å². The number of benzene rings is 3. The van der Waals surface area contributed by atoms with Gasteiger partial charge in [-0.25, -0.2) is 4.98 Å². The normalized spacial score (nSPS) is 10.8. The van der Waals surface area contributed by atoms with Gasteiger partial charge in [0.2, 0.25) is 5.95 Å². The minimum atomic E-state index is 0.404. The first-order chi connectivity index (χ1) is 17.0. The second-order valence-corrected chi connectivity index (χ2v) is 8.50. The van der Waals surface area contributed by atoms with Crippen LogP contribution in [0.15, 0.2) is 79.5 Å². The van der Waals surface area contributed by atoms with Gasteiger partial charge in [0.1, 0.15) is 5.02 Å². The van der Waals surface area contributed by atoms with E-state index >= 15 is 0 Å². The quantitative estimate of drug-likeness (QED) is 0.208. The van der Waals surface area contributed by atoms with Crippen molar-refractivity contribution >= 4 is 51.3 Å². The van der Waals surface area contributed by atoms with Crippen molar-refractivity contribution in [2.45, 2.75) is 6.92 Å². The van der Waals surface area contributed by atoms with E-state index < -0.39 is 0 Å². The summed E-state index contributed by atoms with van der Waals surface area (Å²) in [5, 5.41) is 19.2. The van der Waals surface area contributed by atoms with Gasteiger partial charge in [-0.3, -0.25) is 5.10 Å². The highest BCUT2D eigenvalue weighted by Crippen LogP contribution is 2.35. The molecule has 4 N–H and O–H groups in total. The zero-order valence-corrected chi connectivity index (χ0v) is 20.1. The third-order valence-corrected chi connectivity index (χ3v) is 5.99. The molecule has 0 fully saturated rings. The van der Waals surface area contributed by atoms with Crippen molar-refractivity contribution in [1.29, 1.82) is 0 Å². The third-order valence-electron chi connectivity index (χ3n) is 5.71. The van der Waals surface area contributed by atoms with Crippen LogP contribution in [-0.2, 0) is 0 Å². The third kappa shape index (κ3) is 4.67. The highest BCUT2D eigenvalue weighted by molar-refractivity contribution is 6.32. The minimum absolute atomic E-state index is 0.404. The number of aryl methyl sites for hydroxylation is 1. The van der Waals surface area contributed by atoms with Gasteiger partial charge >= 0.3 is 0 Å². The molecule has 0 unspecified atom stereocenters. The summed E-state index contributed by atoms with van der Waals surface area (Å²) in [7, 11) is 1.87. The average Bonchev–Trinajstić information content (AvgIpc) is 3.30. The average molecular weight is 482 g/mol. The van der Waals surface area contributed by atoms with E-state index in [4.69, 9.17) is 11.6 Å². The summed E-state index contributed by atoms with van der Waals surface area (Å²) in [6.45, 7) is 5.96. The Labute approximate surface area is 208 Å². The fourth-order valence-corrected chi connectivity index (χ4v) is 4.03. The topological polar surface area (TPSA) is 90.6 Å². The van der Waals surface area contributed by atoms with Crippen LogP contribution in [0.2, 0.25) is 5.02 Å². The number of nitrogens with one attached hydrogen (secondary N) is 4. The molecule has 0 spiro atoms. The second-order valence-electron chi connectivity index (χ2n) is 8.09. The van der Waals surface area contributed by atoms with Crippen LogP contribution in [0.25, 0.3) is 27.6 Å². The fraction of sp³-hybridized carbons (Fsp3) is 0.0741. The van der Waals surface area contributed by atoms with Crippen LogP contribution < -0.4 is 16.0 Å². The van der Waals surface area contributed by atoms with Gasteiger partial charge in [-0.15, -0.1) is 0 Å². The van der Waals surface area contributed by atoms with Gasteiger partial charge < -0.3 is 16.0 Å². The number of H-pyrrole nitrogens is 1. The Kier molecular flexibility index (Phi) is 6.08. The molecule has 7 nitrogen and oxygen atoms in total. The predicted molar refractivity (Wildman–Crippen MR) is 144 cm³/mol. The van der Waals surface area contributed by atoms with Crippen LogP contribution in [-0.4, -0.2) is 27.2 Å². The van der Waals surface area contributed by atoms with E-state index in [9.17, 15) is 0 Å². The lowest BCUT2D eigenvalue weighted by Crippen LogP contribution is -2.02. The van der Waals surface area contributed by atoms with Gasteiger partial charge in [0.05, 0.1) is 6.20 Å². The lowest BCUT2D eigenvalue weighted by Gasteiger charge is -2.14. The first-order valence-electron chi connectivity index (χ1n) is 11.1. The molecule has 0 aliphatic heterocycles. The highest BCUT2D eigenvalue weighted by atomic mass is 35.5. The minimum Gasteiger partial charge on any atom is -0.388 e. The zero-order valence-electron chi connectivity index (χ0n) is 19.4. The maximum Gasteiger partial charge on any atom is 0.229 e. The maximum absolute atomic E-state index is 6.32. The van der Waals surface area contributed by atoms with Crippen LogP contribution in [0, 0.1) is 6.92 Å². The number of hydrogen-bond donors (Lipinski definition) is 4. The van der Waals surface area contributed by atoms with Gasteiger partial charge in [0.25, 0.3) is 0 Å². The number of halogens is 1. The Morgan fingerprint density at radius 3 is 2.46 bits per heavy atom. The van der Waals surface area contributed by atoms with E-state index in [1.807, 2.05) is 38.2 Å². The van der Waals surface area contributed by atoms with Crippen LogP contribution >= 0.6 is 11.6 Å². The van der Waals surface area contributed by atoms with Crippen LogP contribution in [0.1, 0.15) is 11.3 Å². The van der Waals surface area contributed by atoms with Gasteiger partial charge in [-0.05, 0) is 35.1 Å². The van der Waals surface area contributed by atoms with E-state index in [1.165, 1.54) is 0 Å². The highest BCUT2D eigenvalue weighted by Gasteiger charge is 2.12. The van der Waals surface area contributed by atoms with Crippen molar-refractivity contribution in [3.63, 3.8) is 0 Å². The largest absolute Gasteiger partial charge is 0.388 e. The van der Waals surface area contributed by atoms with E-state index in [-0.39, 0.29) is 0 Å². The molecule has 2 heterocycles. The standard InChI is InChI=1S/C27H24ClN7/c1-16-14-25(35-34-16)32-26-23(28)15-30-27(33-26)31-24-13-12-20(21-6-4-5-7-22(21)24)19-10-8-18(9-11-19)17(2)29-3/h4-15,29H,2H2,1,3H3,(H3,30,31,32,33,34,35). The van der Waals surface area contributed by atoms with E-state index in [2.05, 4.69) is 85.2 Å². The summed E-state index contributed by atoms with van der Waals surface area (Å²) in [6.07, 6.45) is 1.57. The van der Waals surface area contributed by atoms with Crippen LogP contribution in [0.4, 0.5) is 23.3 Å². The lowest BCUT2D eigenvalue weighted by atomic mass is 9.96. The fourth-order valence-electron chi connectivity index (χ4n) is 3.89. The van der Waals surface area contributed by atoms with Crippen molar-refractivity contribution < 1.29 is 0 Å².